The zero-order valence-electron chi connectivity index (χ0n) is 16.2. The fourth-order valence-corrected chi connectivity index (χ4v) is 5.64. The summed E-state index contributed by atoms with van der Waals surface area (Å²) in [4.78, 5) is 0. The molecule has 4 unspecified atom stereocenters. The first-order valence-corrected chi connectivity index (χ1v) is 10.1. The maximum absolute atomic E-state index is 14.3. The summed E-state index contributed by atoms with van der Waals surface area (Å²) in [5.74, 6) is -4.54. The molecule has 3 saturated heterocycles. The van der Waals surface area contributed by atoms with Gasteiger partial charge in [-0.25, -0.2) is 4.39 Å². The summed E-state index contributed by atoms with van der Waals surface area (Å²) in [6, 6.07) is 9.77. The predicted octanol–water partition coefficient (Wildman–Crippen LogP) is 3.34. The van der Waals surface area contributed by atoms with E-state index in [1.165, 1.54) is 12.1 Å². The van der Waals surface area contributed by atoms with E-state index < -0.39 is 46.1 Å². The van der Waals surface area contributed by atoms with Crippen LogP contribution in [0.3, 0.4) is 0 Å². The lowest BCUT2D eigenvalue weighted by atomic mass is 9.51. The Morgan fingerprint density at radius 1 is 1.10 bits per heavy atom. The molecule has 1 spiro atoms. The van der Waals surface area contributed by atoms with Crippen LogP contribution in [0.25, 0.3) is 0 Å². The first-order valence-electron chi connectivity index (χ1n) is 9.74. The summed E-state index contributed by atoms with van der Waals surface area (Å²) in [6.45, 7) is 0.763. The van der Waals surface area contributed by atoms with Gasteiger partial charge in [0.25, 0.3) is 0 Å². The molecule has 8 nitrogen and oxygen atoms in total. The van der Waals surface area contributed by atoms with E-state index in [0.717, 1.165) is 6.07 Å². The molecular formula is C21H16ClFN4O4. The second kappa shape index (κ2) is 6.38. The molecule has 0 aromatic heterocycles. The predicted molar refractivity (Wildman–Crippen MR) is 100 cm³/mol. The van der Waals surface area contributed by atoms with Crippen LogP contribution < -0.4 is 0 Å². The lowest BCUT2D eigenvalue weighted by molar-refractivity contribution is -0.330. The smallest absolute Gasteiger partial charge is 0.218 e. The maximum atomic E-state index is 14.3. The van der Waals surface area contributed by atoms with Crippen molar-refractivity contribution in [1.82, 2.24) is 0 Å². The number of halogens is 2. The monoisotopic (exact) mass is 442 g/mol. The van der Waals surface area contributed by atoms with E-state index in [-0.39, 0.29) is 23.4 Å². The molecule has 1 aromatic rings. The second-order valence-corrected chi connectivity index (χ2v) is 8.64. The standard InChI is InChI=1S/C21H16ClFN4O4/c22-13-2-1-12(7-14(13)23)16-18(9-24,10-25)20(11-26)15-8-19(28-5-6-29-19)3-4-21(15,30-16)31-17(20)27/h1-2,7,15-16,27H,3-6,8H2. The van der Waals surface area contributed by atoms with E-state index in [1.807, 2.05) is 12.1 Å². The van der Waals surface area contributed by atoms with Crippen LogP contribution >= 0.6 is 11.6 Å². The largest absolute Gasteiger partial charge is 0.447 e. The Balaban J connectivity index is 1.72. The van der Waals surface area contributed by atoms with Crippen LogP contribution in [-0.2, 0) is 18.9 Å². The van der Waals surface area contributed by atoms with Crippen molar-refractivity contribution in [2.75, 3.05) is 13.2 Å². The number of nitrogens with one attached hydrogen (secondary N) is 1. The maximum Gasteiger partial charge on any atom is 0.218 e. The highest BCUT2D eigenvalue weighted by molar-refractivity contribution is 6.30. The van der Waals surface area contributed by atoms with Gasteiger partial charge in [0.05, 0.1) is 42.4 Å². The van der Waals surface area contributed by atoms with Gasteiger partial charge in [0, 0.05) is 19.3 Å². The third-order valence-electron chi connectivity index (χ3n) is 6.98. The molecule has 31 heavy (non-hydrogen) atoms. The van der Waals surface area contributed by atoms with Crippen molar-refractivity contribution >= 4 is 17.5 Å². The molecule has 0 amide bonds. The first-order chi connectivity index (χ1) is 14.8. The molecule has 5 rings (SSSR count). The van der Waals surface area contributed by atoms with Crippen molar-refractivity contribution in [1.29, 1.82) is 21.2 Å². The number of benzene rings is 1. The van der Waals surface area contributed by atoms with Crippen LogP contribution in [-0.4, -0.2) is 30.7 Å². The summed E-state index contributed by atoms with van der Waals surface area (Å²) >= 11 is 5.80. The van der Waals surface area contributed by atoms with Crippen LogP contribution in [0.1, 0.15) is 30.9 Å². The van der Waals surface area contributed by atoms with Gasteiger partial charge in [-0.2, -0.15) is 15.8 Å². The molecule has 4 atom stereocenters. The van der Waals surface area contributed by atoms with E-state index in [9.17, 15) is 20.2 Å². The SMILES string of the molecule is N#CC1(C#N)C(c2ccc(Cl)c(F)c2)OC23CCC4(CC2C1(C#N)C(=N)O3)OCCO4. The van der Waals surface area contributed by atoms with Crippen LogP contribution in [0.5, 0.6) is 0 Å². The lowest BCUT2D eigenvalue weighted by Crippen LogP contribution is -2.63. The minimum Gasteiger partial charge on any atom is -0.447 e. The lowest BCUT2D eigenvalue weighted by Gasteiger charge is -2.54. The molecule has 1 saturated carbocycles. The zero-order valence-corrected chi connectivity index (χ0v) is 16.9. The molecule has 1 aliphatic carbocycles. The molecule has 1 N–H and O–H groups in total. The molecule has 2 bridgehead atoms. The van der Waals surface area contributed by atoms with Gasteiger partial charge in [0.1, 0.15) is 11.9 Å². The highest BCUT2D eigenvalue weighted by Crippen LogP contribution is 2.70. The van der Waals surface area contributed by atoms with Gasteiger partial charge in [0.2, 0.25) is 17.1 Å². The summed E-state index contributed by atoms with van der Waals surface area (Å²) in [6.07, 6.45) is -0.627. The van der Waals surface area contributed by atoms with Crippen molar-refractivity contribution in [3.05, 3.63) is 34.6 Å². The van der Waals surface area contributed by atoms with Crippen LogP contribution in [0.4, 0.5) is 4.39 Å². The van der Waals surface area contributed by atoms with Crippen molar-refractivity contribution in [2.45, 2.75) is 36.9 Å². The van der Waals surface area contributed by atoms with Crippen LogP contribution in [0.15, 0.2) is 18.2 Å². The summed E-state index contributed by atoms with van der Waals surface area (Å²) in [5, 5.41) is 39.3. The average Bonchev–Trinajstić information content (AvgIpc) is 3.30. The van der Waals surface area contributed by atoms with Crippen LogP contribution in [0.2, 0.25) is 5.02 Å². The molecule has 10 heteroatoms. The van der Waals surface area contributed by atoms with Gasteiger partial charge in [-0.3, -0.25) is 5.41 Å². The highest BCUT2D eigenvalue weighted by Gasteiger charge is 2.82. The molecule has 4 fully saturated rings. The van der Waals surface area contributed by atoms with Gasteiger partial charge in [-0.1, -0.05) is 17.7 Å². The van der Waals surface area contributed by atoms with Gasteiger partial charge >= 0.3 is 0 Å². The molecule has 1 aromatic carbocycles. The van der Waals surface area contributed by atoms with E-state index in [0.29, 0.717) is 19.6 Å². The summed E-state index contributed by atoms with van der Waals surface area (Å²) < 4.78 is 38.0. The molecule has 3 heterocycles. The number of rotatable bonds is 1. The van der Waals surface area contributed by atoms with Gasteiger partial charge in [0.15, 0.2) is 11.2 Å². The Labute approximate surface area is 182 Å². The fourth-order valence-electron chi connectivity index (χ4n) is 5.53. The highest BCUT2D eigenvalue weighted by atomic mass is 35.5. The van der Waals surface area contributed by atoms with Gasteiger partial charge in [-0.05, 0) is 17.7 Å². The Morgan fingerprint density at radius 3 is 2.42 bits per heavy atom. The minimum absolute atomic E-state index is 0.121. The van der Waals surface area contributed by atoms with Crippen molar-refractivity contribution in [3.63, 3.8) is 0 Å². The normalized spacial score (nSPS) is 36.7. The summed E-state index contributed by atoms with van der Waals surface area (Å²) in [7, 11) is 0. The number of hydrogen-bond donors (Lipinski definition) is 1. The minimum atomic E-state index is -2.18. The van der Waals surface area contributed by atoms with Crippen LogP contribution in [0, 0.1) is 62.0 Å². The molecule has 158 valence electrons. The van der Waals surface area contributed by atoms with E-state index >= 15 is 0 Å². The number of nitrogens with zero attached hydrogens (tertiary/aromatic N) is 3. The van der Waals surface area contributed by atoms with Crippen molar-refractivity contribution in [2.24, 2.45) is 16.7 Å². The number of nitriles is 3. The van der Waals surface area contributed by atoms with Crippen molar-refractivity contribution in [3.8, 4) is 18.2 Å². The van der Waals surface area contributed by atoms with Gasteiger partial charge in [-0.15, -0.1) is 0 Å². The molecule has 0 radical (unpaired) electrons. The first kappa shape index (κ1) is 20.2. The van der Waals surface area contributed by atoms with Gasteiger partial charge < -0.3 is 18.9 Å². The number of hydrogen-bond acceptors (Lipinski definition) is 8. The fraction of sp³-hybridized carbons (Fsp3) is 0.524. The Hall–Kier alpha value is -2.74. The molecular weight excluding hydrogens is 427 g/mol. The Kier molecular flexibility index (Phi) is 4.16. The van der Waals surface area contributed by atoms with E-state index in [2.05, 4.69) is 6.07 Å². The second-order valence-electron chi connectivity index (χ2n) is 8.23. The quantitative estimate of drug-likeness (QED) is 0.705. The third kappa shape index (κ3) is 2.28. The summed E-state index contributed by atoms with van der Waals surface area (Å²) in [5.41, 5.74) is -3.98. The number of ether oxygens (including phenoxy) is 4. The zero-order chi connectivity index (χ0) is 22.1. The topological polar surface area (TPSA) is 132 Å². The van der Waals surface area contributed by atoms with E-state index in [1.54, 1.807) is 0 Å². The average molecular weight is 443 g/mol. The molecule has 4 aliphatic rings. The third-order valence-corrected chi connectivity index (χ3v) is 7.28. The Morgan fingerprint density at radius 2 is 1.81 bits per heavy atom. The molecule has 3 aliphatic heterocycles. The Bertz CT molecular complexity index is 1100. The van der Waals surface area contributed by atoms with Crippen molar-refractivity contribution < 1.29 is 23.3 Å². The van der Waals surface area contributed by atoms with E-state index in [4.69, 9.17) is 36.0 Å².